The summed E-state index contributed by atoms with van der Waals surface area (Å²) in [5, 5.41) is 4.22. The van der Waals surface area contributed by atoms with Crippen LogP contribution < -0.4 is 9.46 Å². The second-order valence-corrected chi connectivity index (χ2v) is 8.82. The number of ether oxygens (including phenoxy) is 1. The first-order valence-electron chi connectivity index (χ1n) is 8.57. The number of benzene rings is 1. The van der Waals surface area contributed by atoms with E-state index in [1.165, 1.54) is 6.20 Å². The Balaban J connectivity index is 1.56. The number of nitrogens with zero attached hydrogens (tertiary/aromatic N) is 3. The third kappa shape index (κ3) is 3.66. The molecular weight excluding hydrogens is 364 g/mol. The molecule has 3 aromatic rings. The molecule has 0 spiro atoms. The van der Waals surface area contributed by atoms with Crippen LogP contribution in [0, 0.1) is 0 Å². The van der Waals surface area contributed by atoms with Crippen molar-refractivity contribution in [3.63, 3.8) is 0 Å². The molecule has 2 aromatic heterocycles. The molecule has 3 heterocycles. The molecule has 0 unspecified atom stereocenters. The van der Waals surface area contributed by atoms with E-state index in [9.17, 15) is 8.42 Å². The van der Waals surface area contributed by atoms with Crippen LogP contribution in [0.5, 0.6) is 5.75 Å². The summed E-state index contributed by atoms with van der Waals surface area (Å²) in [6.45, 7) is 4.42. The van der Waals surface area contributed by atoms with Crippen LogP contribution in [0.3, 0.4) is 0 Å². The van der Waals surface area contributed by atoms with Gasteiger partial charge in [-0.15, -0.1) is 0 Å². The predicted octanol–water partition coefficient (Wildman–Crippen LogP) is 2.84. The van der Waals surface area contributed by atoms with Gasteiger partial charge in [-0.25, -0.2) is 8.42 Å². The zero-order chi connectivity index (χ0) is 19.1. The number of pyridine rings is 1. The first-order valence-corrected chi connectivity index (χ1v) is 10.1. The van der Waals surface area contributed by atoms with Gasteiger partial charge in [0.2, 0.25) is 0 Å². The van der Waals surface area contributed by atoms with Crippen LogP contribution in [0.15, 0.2) is 60.0 Å². The fraction of sp³-hybridized carbons (Fsp3) is 0.263. The molecule has 7 nitrogen and oxygen atoms in total. The van der Waals surface area contributed by atoms with E-state index in [0.717, 1.165) is 11.1 Å². The number of rotatable bonds is 5. The fourth-order valence-corrected chi connectivity index (χ4v) is 4.39. The number of nitrogens with one attached hydrogen (secondary N) is 1. The van der Waals surface area contributed by atoms with Crippen LogP contribution in [-0.2, 0) is 23.0 Å². The number of hydrogen-bond donors (Lipinski definition) is 1. The quantitative estimate of drug-likeness (QED) is 0.731. The number of sulfonamides is 1. The highest BCUT2D eigenvalue weighted by Gasteiger charge is 2.34. The van der Waals surface area contributed by atoms with Crippen LogP contribution in [0.25, 0.3) is 0 Å². The van der Waals surface area contributed by atoms with Crippen molar-refractivity contribution in [1.29, 1.82) is 0 Å². The van der Waals surface area contributed by atoms with E-state index >= 15 is 0 Å². The molecule has 1 aromatic carbocycles. The van der Waals surface area contributed by atoms with Crippen LogP contribution in [0.1, 0.15) is 25.0 Å². The molecule has 0 radical (unpaired) electrons. The summed E-state index contributed by atoms with van der Waals surface area (Å²) in [4.78, 5) is 4.13. The van der Waals surface area contributed by atoms with E-state index in [4.69, 9.17) is 4.74 Å². The van der Waals surface area contributed by atoms with Gasteiger partial charge in [0.1, 0.15) is 16.2 Å². The molecule has 27 heavy (non-hydrogen) atoms. The molecule has 4 rings (SSSR count). The lowest BCUT2D eigenvalue weighted by Gasteiger charge is -2.18. The normalized spacial score (nSPS) is 15.2. The molecule has 1 aliphatic heterocycles. The predicted molar refractivity (Wildman–Crippen MR) is 101 cm³/mol. The van der Waals surface area contributed by atoms with E-state index in [1.807, 2.05) is 32.0 Å². The number of hydrogen-bond acceptors (Lipinski definition) is 5. The lowest BCUT2D eigenvalue weighted by atomic mass is 10.0. The largest absolute Gasteiger partial charge is 0.486 e. The van der Waals surface area contributed by atoms with E-state index in [2.05, 4.69) is 14.8 Å². The highest BCUT2D eigenvalue weighted by Crippen LogP contribution is 2.40. The van der Waals surface area contributed by atoms with Crippen molar-refractivity contribution in [2.75, 3.05) is 4.72 Å². The Labute approximate surface area is 158 Å². The summed E-state index contributed by atoms with van der Waals surface area (Å²) in [6.07, 6.45) is 7.24. The molecule has 0 atom stereocenters. The Morgan fingerprint density at radius 2 is 2.00 bits per heavy atom. The Kier molecular flexibility index (Phi) is 4.15. The van der Waals surface area contributed by atoms with Gasteiger partial charge in [-0.2, -0.15) is 5.10 Å². The van der Waals surface area contributed by atoms with Crippen molar-refractivity contribution < 1.29 is 13.2 Å². The number of aromatic nitrogens is 3. The Morgan fingerprint density at radius 1 is 1.22 bits per heavy atom. The monoisotopic (exact) mass is 384 g/mol. The molecule has 0 amide bonds. The van der Waals surface area contributed by atoms with Gasteiger partial charge in [0.25, 0.3) is 10.0 Å². The second kappa shape index (κ2) is 6.38. The van der Waals surface area contributed by atoms with Crippen molar-refractivity contribution in [3.8, 4) is 5.75 Å². The van der Waals surface area contributed by atoms with E-state index in [0.29, 0.717) is 24.4 Å². The van der Waals surface area contributed by atoms with Gasteiger partial charge < -0.3 is 4.74 Å². The summed E-state index contributed by atoms with van der Waals surface area (Å²) in [5.74, 6) is 0.430. The summed E-state index contributed by atoms with van der Waals surface area (Å²) < 4.78 is 36.0. The Bertz CT molecular complexity index is 1080. The summed E-state index contributed by atoms with van der Waals surface area (Å²) in [7, 11) is -3.79. The van der Waals surface area contributed by atoms with E-state index < -0.39 is 15.6 Å². The number of fused-ring (bicyclic) bond motifs is 1. The maximum atomic E-state index is 12.9. The van der Waals surface area contributed by atoms with Crippen molar-refractivity contribution >= 4 is 15.7 Å². The minimum atomic E-state index is -3.79. The highest BCUT2D eigenvalue weighted by molar-refractivity contribution is 7.92. The van der Waals surface area contributed by atoms with Crippen LogP contribution >= 0.6 is 0 Å². The molecule has 1 aliphatic rings. The molecule has 0 saturated heterocycles. The third-order valence-corrected chi connectivity index (χ3v) is 5.73. The second-order valence-electron chi connectivity index (χ2n) is 7.17. The maximum absolute atomic E-state index is 12.9. The zero-order valence-electron chi connectivity index (χ0n) is 15.1. The molecule has 0 bridgehead atoms. The third-order valence-electron chi connectivity index (χ3n) is 4.32. The van der Waals surface area contributed by atoms with Gasteiger partial charge in [-0.3, -0.25) is 14.4 Å². The first kappa shape index (κ1) is 17.5. The zero-order valence-corrected chi connectivity index (χ0v) is 15.9. The fourth-order valence-electron chi connectivity index (χ4n) is 3.19. The highest BCUT2D eigenvalue weighted by atomic mass is 32.2. The lowest BCUT2D eigenvalue weighted by molar-refractivity contribution is 0.135. The smallest absolute Gasteiger partial charge is 0.265 e. The molecule has 0 aliphatic carbocycles. The van der Waals surface area contributed by atoms with Gasteiger partial charge in [0, 0.05) is 25.0 Å². The van der Waals surface area contributed by atoms with Gasteiger partial charge in [0.15, 0.2) is 0 Å². The summed E-state index contributed by atoms with van der Waals surface area (Å²) in [6, 6.07) is 8.97. The molecular formula is C19H20N4O3S. The molecule has 140 valence electrons. The maximum Gasteiger partial charge on any atom is 0.265 e. The van der Waals surface area contributed by atoms with Crippen molar-refractivity contribution in [1.82, 2.24) is 14.8 Å². The molecule has 8 heteroatoms. The molecule has 1 N–H and O–H groups in total. The number of para-hydroxylation sites is 1. The minimum Gasteiger partial charge on any atom is -0.486 e. The van der Waals surface area contributed by atoms with Crippen LogP contribution in [0.4, 0.5) is 5.69 Å². The average Bonchev–Trinajstić information content (AvgIpc) is 3.16. The number of anilines is 1. The van der Waals surface area contributed by atoms with Crippen molar-refractivity contribution in [2.24, 2.45) is 0 Å². The lowest BCUT2D eigenvalue weighted by Crippen LogP contribution is -2.25. The average molecular weight is 384 g/mol. The van der Waals surface area contributed by atoms with E-state index in [1.54, 1.807) is 35.4 Å². The summed E-state index contributed by atoms with van der Waals surface area (Å²) in [5.41, 5.74) is 1.91. The Morgan fingerprint density at radius 3 is 2.78 bits per heavy atom. The first-order chi connectivity index (χ1) is 12.8. The van der Waals surface area contributed by atoms with Crippen molar-refractivity contribution in [2.45, 2.75) is 37.3 Å². The van der Waals surface area contributed by atoms with Crippen LogP contribution in [0.2, 0.25) is 0 Å². The van der Waals surface area contributed by atoms with E-state index in [-0.39, 0.29) is 4.90 Å². The van der Waals surface area contributed by atoms with Gasteiger partial charge >= 0.3 is 0 Å². The van der Waals surface area contributed by atoms with Gasteiger partial charge in [0.05, 0.1) is 18.4 Å². The van der Waals surface area contributed by atoms with Crippen molar-refractivity contribution in [3.05, 3.63) is 66.2 Å². The van der Waals surface area contributed by atoms with Gasteiger partial charge in [-0.05, 0) is 43.2 Å². The molecule has 0 fully saturated rings. The SMILES string of the molecule is CC1(C)Cc2cccc(S(=O)(=O)Nc3cnn(Cc4ccncc4)c3)c2O1. The summed E-state index contributed by atoms with van der Waals surface area (Å²) >= 11 is 0. The topological polar surface area (TPSA) is 86.1 Å². The minimum absolute atomic E-state index is 0.146. The molecule has 0 saturated carbocycles. The standard InChI is InChI=1S/C19H20N4O3S/c1-19(2)10-15-4-3-5-17(18(15)26-19)27(24,25)22-16-11-21-23(13-16)12-14-6-8-20-9-7-14/h3-9,11,13,22H,10,12H2,1-2H3. The van der Waals surface area contributed by atoms with Crippen LogP contribution in [-0.4, -0.2) is 28.8 Å². The Hall–Kier alpha value is -2.87. The van der Waals surface area contributed by atoms with Gasteiger partial charge in [-0.1, -0.05) is 12.1 Å².